The SMILES string of the molecule is CC(OC(=O)O)c1ccc(C2CCCCC2)cc1. The van der Waals surface area contributed by atoms with E-state index in [1.165, 1.54) is 37.7 Å². The lowest BCUT2D eigenvalue weighted by Crippen LogP contribution is -2.07. The molecule has 1 aromatic carbocycles. The van der Waals surface area contributed by atoms with E-state index in [1.54, 1.807) is 6.92 Å². The van der Waals surface area contributed by atoms with Crippen molar-refractivity contribution in [1.29, 1.82) is 0 Å². The van der Waals surface area contributed by atoms with Crippen molar-refractivity contribution in [3.05, 3.63) is 35.4 Å². The molecule has 1 fully saturated rings. The zero-order valence-corrected chi connectivity index (χ0v) is 10.8. The van der Waals surface area contributed by atoms with Crippen molar-refractivity contribution in [2.45, 2.75) is 51.0 Å². The Labute approximate surface area is 108 Å². The first-order valence-electron chi connectivity index (χ1n) is 6.66. The summed E-state index contributed by atoms with van der Waals surface area (Å²) in [6.45, 7) is 1.75. The summed E-state index contributed by atoms with van der Waals surface area (Å²) in [5, 5.41) is 8.58. The Balaban J connectivity index is 2.02. The minimum atomic E-state index is -1.22. The van der Waals surface area contributed by atoms with E-state index in [1.807, 2.05) is 12.1 Å². The predicted molar refractivity (Wildman–Crippen MR) is 69.8 cm³/mol. The third kappa shape index (κ3) is 3.25. The van der Waals surface area contributed by atoms with Crippen LogP contribution in [-0.4, -0.2) is 11.3 Å². The summed E-state index contributed by atoms with van der Waals surface area (Å²) in [6, 6.07) is 8.20. The van der Waals surface area contributed by atoms with Crippen LogP contribution in [0.4, 0.5) is 4.79 Å². The van der Waals surface area contributed by atoms with Crippen LogP contribution in [0.15, 0.2) is 24.3 Å². The Bertz CT molecular complexity index is 391. The summed E-state index contributed by atoms with van der Waals surface area (Å²) in [5.74, 6) is 0.684. The summed E-state index contributed by atoms with van der Waals surface area (Å²) < 4.78 is 4.74. The summed E-state index contributed by atoms with van der Waals surface area (Å²) in [4.78, 5) is 10.5. The van der Waals surface area contributed by atoms with E-state index >= 15 is 0 Å². The Kier molecular flexibility index (Phi) is 4.24. The van der Waals surface area contributed by atoms with Gasteiger partial charge in [-0.1, -0.05) is 43.5 Å². The first kappa shape index (κ1) is 12.9. The van der Waals surface area contributed by atoms with E-state index < -0.39 is 12.3 Å². The molecule has 1 unspecified atom stereocenters. The quantitative estimate of drug-likeness (QED) is 0.801. The molecule has 0 amide bonds. The maximum absolute atomic E-state index is 10.5. The average Bonchev–Trinajstić information content (AvgIpc) is 2.39. The molecule has 0 spiro atoms. The number of carbonyl (C=O) groups is 1. The van der Waals surface area contributed by atoms with Gasteiger partial charge in [0.15, 0.2) is 0 Å². The molecule has 3 nitrogen and oxygen atoms in total. The van der Waals surface area contributed by atoms with Crippen molar-refractivity contribution < 1.29 is 14.6 Å². The molecule has 98 valence electrons. The first-order valence-corrected chi connectivity index (χ1v) is 6.66. The number of rotatable bonds is 3. The van der Waals surface area contributed by atoms with Gasteiger partial charge in [-0.15, -0.1) is 0 Å². The fourth-order valence-corrected chi connectivity index (χ4v) is 2.69. The van der Waals surface area contributed by atoms with Gasteiger partial charge in [0, 0.05) is 0 Å². The van der Waals surface area contributed by atoms with Crippen LogP contribution in [0.1, 0.15) is 62.2 Å². The van der Waals surface area contributed by atoms with E-state index in [9.17, 15) is 4.79 Å². The molecular formula is C15H20O3. The molecule has 1 aliphatic rings. The standard InChI is InChI=1S/C15H20O3/c1-11(18-15(16)17)12-7-9-14(10-8-12)13-5-3-2-4-6-13/h7-11,13H,2-6H2,1H3,(H,16,17). The second-order valence-electron chi connectivity index (χ2n) is 5.03. The van der Waals surface area contributed by atoms with Gasteiger partial charge in [-0.2, -0.15) is 0 Å². The molecule has 18 heavy (non-hydrogen) atoms. The van der Waals surface area contributed by atoms with Gasteiger partial charge in [-0.3, -0.25) is 0 Å². The third-order valence-corrected chi connectivity index (χ3v) is 3.76. The van der Waals surface area contributed by atoms with Gasteiger partial charge in [0.2, 0.25) is 0 Å². The summed E-state index contributed by atoms with van der Waals surface area (Å²) >= 11 is 0. The predicted octanol–water partition coefficient (Wildman–Crippen LogP) is 4.49. The van der Waals surface area contributed by atoms with Crippen molar-refractivity contribution in [2.75, 3.05) is 0 Å². The van der Waals surface area contributed by atoms with Gasteiger partial charge in [-0.05, 0) is 36.8 Å². The van der Waals surface area contributed by atoms with Crippen molar-refractivity contribution in [3.8, 4) is 0 Å². The van der Waals surface area contributed by atoms with E-state index in [4.69, 9.17) is 9.84 Å². The van der Waals surface area contributed by atoms with Crippen LogP contribution in [0.2, 0.25) is 0 Å². The molecule has 1 atom stereocenters. The number of hydrogen-bond donors (Lipinski definition) is 1. The molecule has 1 aliphatic carbocycles. The minimum absolute atomic E-state index is 0.400. The van der Waals surface area contributed by atoms with Crippen LogP contribution in [0.5, 0.6) is 0 Å². The number of carboxylic acid groups (broad SMARTS) is 1. The molecule has 3 heteroatoms. The molecule has 0 aliphatic heterocycles. The Morgan fingerprint density at radius 3 is 2.39 bits per heavy atom. The van der Waals surface area contributed by atoms with E-state index in [-0.39, 0.29) is 0 Å². The Morgan fingerprint density at radius 2 is 1.83 bits per heavy atom. The highest BCUT2D eigenvalue weighted by Crippen LogP contribution is 2.33. The normalized spacial score (nSPS) is 18.3. The summed E-state index contributed by atoms with van der Waals surface area (Å²) in [5.41, 5.74) is 2.29. The van der Waals surface area contributed by atoms with E-state index in [0.717, 1.165) is 5.56 Å². The molecule has 0 aromatic heterocycles. The van der Waals surface area contributed by atoms with Gasteiger partial charge < -0.3 is 9.84 Å². The van der Waals surface area contributed by atoms with Crippen molar-refractivity contribution in [3.63, 3.8) is 0 Å². The molecule has 0 bridgehead atoms. The molecule has 1 N–H and O–H groups in total. The highest BCUT2D eigenvalue weighted by molar-refractivity contribution is 5.57. The topological polar surface area (TPSA) is 46.5 Å². The lowest BCUT2D eigenvalue weighted by molar-refractivity contribution is 0.0587. The van der Waals surface area contributed by atoms with Crippen LogP contribution in [0.3, 0.4) is 0 Å². The monoisotopic (exact) mass is 248 g/mol. The van der Waals surface area contributed by atoms with Crippen molar-refractivity contribution in [2.24, 2.45) is 0 Å². The smallest absolute Gasteiger partial charge is 0.450 e. The second-order valence-corrected chi connectivity index (χ2v) is 5.03. The van der Waals surface area contributed by atoms with Gasteiger partial charge in [0.1, 0.15) is 6.10 Å². The molecule has 0 radical (unpaired) electrons. The van der Waals surface area contributed by atoms with E-state index in [0.29, 0.717) is 5.92 Å². The lowest BCUT2D eigenvalue weighted by Gasteiger charge is -2.22. The maximum Gasteiger partial charge on any atom is 0.506 e. The van der Waals surface area contributed by atoms with Gasteiger partial charge in [-0.25, -0.2) is 4.79 Å². The van der Waals surface area contributed by atoms with Crippen LogP contribution >= 0.6 is 0 Å². The third-order valence-electron chi connectivity index (χ3n) is 3.76. The molecule has 0 heterocycles. The maximum atomic E-state index is 10.5. The number of benzene rings is 1. The second kappa shape index (κ2) is 5.89. The molecule has 0 saturated heterocycles. The lowest BCUT2D eigenvalue weighted by atomic mass is 9.84. The number of ether oxygens (including phenoxy) is 1. The molecule has 1 saturated carbocycles. The fourth-order valence-electron chi connectivity index (χ4n) is 2.69. The van der Waals surface area contributed by atoms with E-state index in [2.05, 4.69) is 12.1 Å². The van der Waals surface area contributed by atoms with Crippen molar-refractivity contribution in [1.82, 2.24) is 0 Å². The largest absolute Gasteiger partial charge is 0.506 e. The van der Waals surface area contributed by atoms with Crippen LogP contribution in [0, 0.1) is 0 Å². The first-order chi connectivity index (χ1) is 8.66. The zero-order chi connectivity index (χ0) is 13.0. The highest BCUT2D eigenvalue weighted by atomic mass is 16.7. The number of hydrogen-bond acceptors (Lipinski definition) is 2. The minimum Gasteiger partial charge on any atom is -0.450 e. The van der Waals surface area contributed by atoms with Crippen LogP contribution < -0.4 is 0 Å². The van der Waals surface area contributed by atoms with Crippen molar-refractivity contribution >= 4 is 6.16 Å². The summed E-state index contributed by atoms with van der Waals surface area (Å²) in [6.07, 6.45) is 4.94. The van der Waals surface area contributed by atoms with Gasteiger partial charge >= 0.3 is 6.16 Å². The Hall–Kier alpha value is -1.51. The fraction of sp³-hybridized carbons (Fsp3) is 0.533. The highest BCUT2D eigenvalue weighted by Gasteiger charge is 2.16. The van der Waals surface area contributed by atoms with Crippen LogP contribution in [-0.2, 0) is 4.74 Å². The zero-order valence-electron chi connectivity index (χ0n) is 10.8. The summed E-state index contributed by atoms with van der Waals surface area (Å²) in [7, 11) is 0. The molecule has 2 rings (SSSR count). The van der Waals surface area contributed by atoms with Crippen LogP contribution in [0.25, 0.3) is 0 Å². The van der Waals surface area contributed by atoms with Gasteiger partial charge in [0.25, 0.3) is 0 Å². The molecule has 1 aromatic rings. The average molecular weight is 248 g/mol. The molecular weight excluding hydrogens is 228 g/mol. The Morgan fingerprint density at radius 1 is 1.22 bits per heavy atom. The van der Waals surface area contributed by atoms with Gasteiger partial charge in [0.05, 0.1) is 0 Å².